The lowest BCUT2D eigenvalue weighted by molar-refractivity contribution is -0.138. The van der Waals surface area contributed by atoms with Crippen molar-refractivity contribution in [2.24, 2.45) is 0 Å². The molecule has 2 N–H and O–H groups in total. The number of oxazole rings is 1. The molecule has 1 aromatic heterocycles. The van der Waals surface area contributed by atoms with Crippen molar-refractivity contribution < 1.29 is 19.1 Å². The number of benzene rings is 2. The van der Waals surface area contributed by atoms with Gasteiger partial charge in [0.1, 0.15) is 17.6 Å². The van der Waals surface area contributed by atoms with Gasteiger partial charge in [0.2, 0.25) is 5.89 Å². The number of hydrogen-bond donors (Lipinski definition) is 2. The topological polar surface area (TPSA) is 84.6 Å². The number of aromatic nitrogens is 1. The number of anilines is 1. The van der Waals surface area contributed by atoms with Crippen LogP contribution in [0.1, 0.15) is 35.9 Å². The molecular formula is C24H26N2O4. The molecule has 1 aliphatic rings. The zero-order valence-electron chi connectivity index (χ0n) is 17.3. The SMILES string of the molecule is CCc1ccc(-c2nc(CCOc3ccc4c(c3)CCC(C(=O)O)N4)c(C)o2)cc1. The smallest absolute Gasteiger partial charge is 0.326 e. The number of fused-ring (bicyclic) bond motifs is 1. The number of nitrogens with zero attached hydrogens (tertiary/aromatic N) is 1. The minimum atomic E-state index is -0.815. The molecule has 0 fully saturated rings. The Labute approximate surface area is 175 Å². The molecule has 0 aliphatic carbocycles. The van der Waals surface area contributed by atoms with Crippen LogP contribution in [0.5, 0.6) is 5.75 Å². The van der Waals surface area contributed by atoms with Crippen LogP contribution in [0.2, 0.25) is 0 Å². The summed E-state index contributed by atoms with van der Waals surface area (Å²) in [5, 5.41) is 12.2. The van der Waals surface area contributed by atoms with Gasteiger partial charge in [0, 0.05) is 17.7 Å². The number of ether oxygens (including phenoxy) is 1. The zero-order valence-corrected chi connectivity index (χ0v) is 17.3. The van der Waals surface area contributed by atoms with Crippen molar-refractivity contribution in [1.82, 2.24) is 4.98 Å². The monoisotopic (exact) mass is 406 g/mol. The Kier molecular flexibility index (Phi) is 5.74. The molecule has 156 valence electrons. The number of aliphatic carboxylic acids is 1. The van der Waals surface area contributed by atoms with Gasteiger partial charge in [-0.05, 0) is 67.6 Å². The maximum absolute atomic E-state index is 11.2. The fourth-order valence-electron chi connectivity index (χ4n) is 3.68. The van der Waals surface area contributed by atoms with Crippen molar-refractivity contribution in [2.45, 2.75) is 45.6 Å². The summed E-state index contributed by atoms with van der Waals surface area (Å²) in [5.74, 6) is 1.41. The predicted octanol–water partition coefficient (Wildman–Crippen LogP) is 4.65. The Morgan fingerprint density at radius 3 is 2.80 bits per heavy atom. The summed E-state index contributed by atoms with van der Waals surface area (Å²) in [6.45, 7) is 4.55. The molecule has 0 radical (unpaired) electrons. The van der Waals surface area contributed by atoms with Crippen molar-refractivity contribution >= 4 is 11.7 Å². The van der Waals surface area contributed by atoms with Gasteiger partial charge >= 0.3 is 5.97 Å². The van der Waals surface area contributed by atoms with Gasteiger partial charge in [-0.25, -0.2) is 9.78 Å². The van der Waals surface area contributed by atoms with Crippen LogP contribution in [0.3, 0.4) is 0 Å². The summed E-state index contributed by atoms with van der Waals surface area (Å²) in [5.41, 5.74) is 5.11. The Morgan fingerprint density at radius 1 is 1.27 bits per heavy atom. The van der Waals surface area contributed by atoms with E-state index in [2.05, 4.69) is 29.4 Å². The Morgan fingerprint density at radius 2 is 2.07 bits per heavy atom. The van der Waals surface area contributed by atoms with Crippen LogP contribution in [-0.2, 0) is 24.1 Å². The van der Waals surface area contributed by atoms with Crippen LogP contribution in [-0.4, -0.2) is 28.7 Å². The highest BCUT2D eigenvalue weighted by molar-refractivity contribution is 5.79. The molecule has 4 rings (SSSR count). The molecule has 0 bridgehead atoms. The van der Waals surface area contributed by atoms with Crippen LogP contribution < -0.4 is 10.1 Å². The van der Waals surface area contributed by atoms with E-state index in [1.807, 2.05) is 37.3 Å². The molecule has 1 atom stereocenters. The Bertz CT molecular complexity index is 1040. The van der Waals surface area contributed by atoms with Crippen molar-refractivity contribution in [3.05, 3.63) is 65.0 Å². The normalized spacial score (nSPS) is 15.3. The van der Waals surface area contributed by atoms with Crippen LogP contribution in [0, 0.1) is 6.92 Å². The molecule has 1 aliphatic heterocycles. The molecule has 0 saturated heterocycles. The largest absolute Gasteiger partial charge is 0.493 e. The quantitative estimate of drug-likeness (QED) is 0.594. The van der Waals surface area contributed by atoms with Crippen LogP contribution in [0.15, 0.2) is 46.9 Å². The van der Waals surface area contributed by atoms with Gasteiger partial charge in [-0.3, -0.25) is 0 Å². The Hall–Kier alpha value is -3.28. The first kappa shape index (κ1) is 20.0. The molecule has 30 heavy (non-hydrogen) atoms. The number of carboxylic acid groups (broad SMARTS) is 1. The van der Waals surface area contributed by atoms with Gasteiger partial charge in [-0.1, -0.05) is 19.1 Å². The average molecular weight is 406 g/mol. The Balaban J connectivity index is 1.37. The van der Waals surface area contributed by atoms with Gasteiger partial charge in [0.25, 0.3) is 0 Å². The standard InChI is InChI=1S/C24H26N2O4/c1-3-16-4-6-17(7-5-16)23-26-20(15(2)30-23)12-13-29-19-9-11-21-18(14-19)8-10-22(25-21)24(27)28/h4-7,9,11,14,22,25H,3,8,10,12-13H2,1-2H3,(H,27,28). The third-order valence-corrected chi connectivity index (χ3v) is 5.52. The number of nitrogens with one attached hydrogen (secondary N) is 1. The van der Waals surface area contributed by atoms with Crippen molar-refractivity contribution in [2.75, 3.05) is 11.9 Å². The van der Waals surface area contributed by atoms with E-state index in [0.717, 1.165) is 46.9 Å². The maximum Gasteiger partial charge on any atom is 0.326 e. The van der Waals surface area contributed by atoms with Crippen LogP contribution in [0.25, 0.3) is 11.5 Å². The second kappa shape index (κ2) is 8.61. The third kappa shape index (κ3) is 4.32. The summed E-state index contributed by atoms with van der Waals surface area (Å²) >= 11 is 0. The average Bonchev–Trinajstić information content (AvgIpc) is 3.13. The first-order valence-electron chi connectivity index (χ1n) is 10.3. The minimum Gasteiger partial charge on any atom is -0.493 e. The summed E-state index contributed by atoms with van der Waals surface area (Å²) in [6.07, 6.45) is 2.95. The van der Waals surface area contributed by atoms with Crippen LogP contribution >= 0.6 is 0 Å². The van der Waals surface area contributed by atoms with Gasteiger partial charge < -0.3 is 19.6 Å². The minimum absolute atomic E-state index is 0.492. The molecular weight excluding hydrogens is 380 g/mol. The number of rotatable bonds is 7. The van der Waals surface area contributed by atoms with E-state index in [4.69, 9.17) is 14.3 Å². The molecule has 6 nitrogen and oxygen atoms in total. The van der Waals surface area contributed by atoms with Gasteiger partial charge in [0.15, 0.2) is 0 Å². The highest BCUT2D eigenvalue weighted by Gasteiger charge is 2.23. The van der Waals surface area contributed by atoms with E-state index >= 15 is 0 Å². The molecule has 0 spiro atoms. The molecule has 6 heteroatoms. The molecule has 2 aromatic carbocycles. The lowest BCUT2D eigenvalue weighted by atomic mass is 9.98. The van der Waals surface area contributed by atoms with E-state index in [-0.39, 0.29) is 0 Å². The molecule has 3 aromatic rings. The van der Waals surface area contributed by atoms with E-state index in [1.165, 1.54) is 5.56 Å². The first-order valence-corrected chi connectivity index (χ1v) is 10.3. The van der Waals surface area contributed by atoms with Gasteiger partial charge in [-0.15, -0.1) is 0 Å². The van der Waals surface area contributed by atoms with E-state index < -0.39 is 12.0 Å². The second-order valence-corrected chi connectivity index (χ2v) is 7.56. The summed E-state index contributed by atoms with van der Waals surface area (Å²) in [4.78, 5) is 15.8. The second-order valence-electron chi connectivity index (χ2n) is 7.56. The number of aryl methyl sites for hydroxylation is 3. The maximum atomic E-state index is 11.2. The van der Waals surface area contributed by atoms with E-state index in [9.17, 15) is 4.79 Å². The first-order chi connectivity index (χ1) is 14.5. The van der Waals surface area contributed by atoms with Crippen molar-refractivity contribution in [3.63, 3.8) is 0 Å². The zero-order chi connectivity index (χ0) is 21.1. The number of hydrogen-bond acceptors (Lipinski definition) is 5. The summed E-state index contributed by atoms with van der Waals surface area (Å²) in [7, 11) is 0. The lowest BCUT2D eigenvalue weighted by Crippen LogP contribution is -2.33. The van der Waals surface area contributed by atoms with Crippen LogP contribution in [0.4, 0.5) is 5.69 Å². The number of carboxylic acids is 1. The van der Waals surface area contributed by atoms with E-state index in [0.29, 0.717) is 25.3 Å². The highest BCUT2D eigenvalue weighted by atomic mass is 16.5. The fraction of sp³-hybridized carbons (Fsp3) is 0.333. The van der Waals surface area contributed by atoms with Gasteiger partial charge in [-0.2, -0.15) is 0 Å². The molecule has 2 heterocycles. The molecule has 0 amide bonds. The number of carbonyl (C=O) groups is 1. The van der Waals surface area contributed by atoms with E-state index in [1.54, 1.807) is 0 Å². The molecule has 1 unspecified atom stereocenters. The summed E-state index contributed by atoms with van der Waals surface area (Å²) in [6, 6.07) is 13.5. The van der Waals surface area contributed by atoms with Gasteiger partial charge in [0.05, 0.1) is 12.3 Å². The third-order valence-electron chi connectivity index (χ3n) is 5.52. The lowest BCUT2D eigenvalue weighted by Gasteiger charge is -2.24. The fourth-order valence-corrected chi connectivity index (χ4v) is 3.68. The predicted molar refractivity (Wildman–Crippen MR) is 115 cm³/mol. The summed E-state index contributed by atoms with van der Waals surface area (Å²) < 4.78 is 11.8. The van der Waals surface area contributed by atoms with Crippen molar-refractivity contribution in [3.8, 4) is 17.2 Å². The van der Waals surface area contributed by atoms with Crippen molar-refractivity contribution in [1.29, 1.82) is 0 Å². The molecule has 0 saturated carbocycles. The highest BCUT2D eigenvalue weighted by Crippen LogP contribution is 2.29.